The molecule has 6 nitrogen and oxygen atoms in total. The average molecular weight is 298 g/mol. The minimum atomic E-state index is -0.456. The highest BCUT2D eigenvalue weighted by Gasteiger charge is 2.14. The zero-order chi connectivity index (χ0) is 15.5. The number of anilines is 2. The SMILES string of the molecule is Cc1ncc(C(=O)Nc2ccc(N3CCCC3)cc2)c(=O)[nH]1. The van der Waals surface area contributed by atoms with Gasteiger partial charge in [0.2, 0.25) is 0 Å². The van der Waals surface area contributed by atoms with Crippen LogP contribution in [0.5, 0.6) is 0 Å². The number of hydrogen-bond donors (Lipinski definition) is 2. The van der Waals surface area contributed by atoms with Crippen LogP contribution in [-0.2, 0) is 0 Å². The van der Waals surface area contributed by atoms with Gasteiger partial charge in [-0.15, -0.1) is 0 Å². The minimum absolute atomic E-state index is 0.00854. The highest BCUT2D eigenvalue weighted by molar-refractivity contribution is 6.03. The highest BCUT2D eigenvalue weighted by atomic mass is 16.2. The van der Waals surface area contributed by atoms with Gasteiger partial charge in [-0.25, -0.2) is 4.98 Å². The molecule has 0 aliphatic carbocycles. The van der Waals surface area contributed by atoms with Gasteiger partial charge in [-0.05, 0) is 44.0 Å². The van der Waals surface area contributed by atoms with Gasteiger partial charge in [-0.1, -0.05) is 0 Å². The van der Waals surface area contributed by atoms with E-state index in [1.165, 1.54) is 19.0 Å². The number of hydrogen-bond acceptors (Lipinski definition) is 4. The Bertz CT molecular complexity index is 731. The van der Waals surface area contributed by atoms with Crippen molar-refractivity contribution in [2.75, 3.05) is 23.3 Å². The molecule has 0 unspecified atom stereocenters. The second kappa shape index (κ2) is 6.01. The number of aryl methyl sites for hydroxylation is 1. The fourth-order valence-corrected chi connectivity index (χ4v) is 2.57. The predicted octanol–water partition coefficient (Wildman–Crippen LogP) is 1.93. The molecule has 1 saturated heterocycles. The number of aromatic amines is 1. The van der Waals surface area contributed by atoms with Crippen LogP contribution in [0.3, 0.4) is 0 Å². The summed E-state index contributed by atoms with van der Waals surface area (Å²) in [6.07, 6.45) is 3.74. The fourth-order valence-electron chi connectivity index (χ4n) is 2.57. The van der Waals surface area contributed by atoms with Crippen molar-refractivity contribution >= 4 is 17.3 Å². The summed E-state index contributed by atoms with van der Waals surface area (Å²) in [6, 6.07) is 7.67. The number of nitrogens with one attached hydrogen (secondary N) is 2. The van der Waals surface area contributed by atoms with Crippen molar-refractivity contribution in [2.24, 2.45) is 0 Å². The molecule has 2 heterocycles. The van der Waals surface area contributed by atoms with E-state index in [0.29, 0.717) is 11.5 Å². The lowest BCUT2D eigenvalue weighted by Crippen LogP contribution is -2.24. The van der Waals surface area contributed by atoms with Crippen LogP contribution in [0, 0.1) is 6.92 Å². The van der Waals surface area contributed by atoms with Crippen LogP contribution in [0.1, 0.15) is 29.0 Å². The summed E-state index contributed by atoms with van der Waals surface area (Å²) in [5.74, 6) is 0.0270. The van der Waals surface area contributed by atoms with E-state index in [1.54, 1.807) is 6.92 Å². The van der Waals surface area contributed by atoms with Gasteiger partial charge in [-0.3, -0.25) is 9.59 Å². The molecule has 114 valence electrons. The summed E-state index contributed by atoms with van der Waals surface area (Å²) in [6.45, 7) is 3.83. The van der Waals surface area contributed by atoms with Crippen LogP contribution in [0.2, 0.25) is 0 Å². The zero-order valence-corrected chi connectivity index (χ0v) is 12.4. The maximum absolute atomic E-state index is 12.1. The molecule has 0 atom stereocenters. The first-order valence-electron chi connectivity index (χ1n) is 7.36. The third-order valence-corrected chi connectivity index (χ3v) is 3.77. The van der Waals surface area contributed by atoms with E-state index in [0.717, 1.165) is 18.8 Å². The molecular weight excluding hydrogens is 280 g/mol. The lowest BCUT2D eigenvalue weighted by molar-refractivity contribution is 0.102. The van der Waals surface area contributed by atoms with Crippen molar-refractivity contribution in [3.05, 3.63) is 52.2 Å². The monoisotopic (exact) mass is 298 g/mol. The molecule has 0 saturated carbocycles. The Morgan fingerprint density at radius 2 is 1.91 bits per heavy atom. The molecule has 6 heteroatoms. The number of H-pyrrole nitrogens is 1. The summed E-state index contributed by atoms with van der Waals surface area (Å²) in [5, 5.41) is 2.72. The molecule has 0 bridgehead atoms. The van der Waals surface area contributed by atoms with Crippen molar-refractivity contribution in [1.82, 2.24) is 9.97 Å². The molecule has 2 aromatic rings. The largest absolute Gasteiger partial charge is 0.372 e. The Morgan fingerprint density at radius 3 is 2.55 bits per heavy atom. The average Bonchev–Trinajstić information content (AvgIpc) is 3.02. The number of amides is 1. The standard InChI is InChI=1S/C16H18N4O2/c1-11-17-10-14(15(21)18-11)16(22)19-12-4-6-13(7-5-12)20-8-2-3-9-20/h4-7,10H,2-3,8-9H2,1H3,(H,19,22)(H,17,18,21). The quantitative estimate of drug-likeness (QED) is 0.907. The smallest absolute Gasteiger partial charge is 0.263 e. The Morgan fingerprint density at radius 1 is 1.23 bits per heavy atom. The van der Waals surface area contributed by atoms with Gasteiger partial charge in [-0.2, -0.15) is 0 Å². The number of benzene rings is 1. The molecule has 22 heavy (non-hydrogen) atoms. The molecule has 1 aromatic heterocycles. The summed E-state index contributed by atoms with van der Waals surface area (Å²) >= 11 is 0. The van der Waals surface area contributed by atoms with E-state index in [9.17, 15) is 9.59 Å². The number of carbonyl (C=O) groups excluding carboxylic acids is 1. The summed E-state index contributed by atoms with van der Waals surface area (Å²) in [5.41, 5.74) is 1.39. The van der Waals surface area contributed by atoms with E-state index < -0.39 is 11.5 Å². The molecular formula is C16H18N4O2. The highest BCUT2D eigenvalue weighted by Crippen LogP contribution is 2.22. The minimum Gasteiger partial charge on any atom is -0.372 e. The molecule has 1 amide bonds. The van der Waals surface area contributed by atoms with Crippen LogP contribution >= 0.6 is 0 Å². The van der Waals surface area contributed by atoms with Gasteiger partial charge in [0, 0.05) is 30.7 Å². The van der Waals surface area contributed by atoms with Gasteiger partial charge >= 0.3 is 0 Å². The first-order chi connectivity index (χ1) is 10.6. The zero-order valence-electron chi connectivity index (χ0n) is 12.4. The van der Waals surface area contributed by atoms with Crippen molar-refractivity contribution < 1.29 is 4.79 Å². The number of rotatable bonds is 3. The summed E-state index contributed by atoms with van der Waals surface area (Å²) in [4.78, 5) is 32.6. The normalized spacial score (nSPS) is 14.1. The Labute approximate surface area is 128 Å². The van der Waals surface area contributed by atoms with Crippen LogP contribution < -0.4 is 15.8 Å². The maximum atomic E-state index is 12.1. The Balaban J connectivity index is 1.72. The lowest BCUT2D eigenvalue weighted by Gasteiger charge is -2.17. The molecule has 1 aliphatic rings. The fraction of sp³-hybridized carbons (Fsp3) is 0.312. The van der Waals surface area contributed by atoms with Crippen LogP contribution in [0.15, 0.2) is 35.3 Å². The van der Waals surface area contributed by atoms with E-state index >= 15 is 0 Å². The third-order valence-electron chi connectivity index (χ3n) is 3.77. The summed E-state index contributed by atoms with van der Waals surface area (Å²) < 4.78 is 0. The second-order valence-corrected chi connectivity index (χ2v) is 5.41. The van der Waals surface area contributed by atoms with Crippen molar-refractivity contribution in [3.8, 4) is 0 Å². The molecule has 1 aliphatic heterocycles. The molecule has 3 rings (SSSR count). The third kappa shape index (κ3) is 3.00. The second-order valence-electron chi connectivity index (χ2n) is 5.41. The maximum Gasteiger partial charge on any atom is 0.263 e. The first-order valence-corrected chi connectivity index (χ1v) is 7.36. The summed E-state index contributed by atoms with van der Waals surface area (Å²) in [7, 11) is 0. The van der Waals surface area contributed by atoms with Crippen LogP contribution in [0.4, 0.5) is 11.4 Å². The van der Waals surface area contributed by atoms with E-state index in [-0.39, 0.29) is 5.56 Å². The predicted molar refractivity (Wildman–Crippen MR) is 85.4 cm³/mol. The van der Waals surface area contributed by atoms with Gasteiger partial charge in [0.05, 0.1) is 0 Å². The van der Waals surface area contributed by atoms with Gasteiger partial charge < -0.3 is 15.2 Å². The number of carbonyl (C=O) groups is 1. The van der Waals surface area contributed by atoms with Crippen LogP contribution in [-0.4, -0.2) is 29.0 Å². The van der Waals surface area contributed by atoms with Gasteiger partial charge in [0.15, 0.2) is 0 Å². The van der Waals surface area contributed by atoms with Gasteiger partial charge in [0.1, 0.15) is 11.4 Å². The lowest BCUT2D eigenvalue weighted by atomic mass is 10.2. The topological polar surface area (TPSA) is 78.1 Å². The number of nitrogens with zero attached hydrogens (tertiary/aromatic N) is 2. The molecule has 1 fully saturated rings. The van der Waals surface area contributed by atoms with E-state index in [1.807, 2.05) is 24.3 Å². The molecule has 0 radical (unpaired) electrons. The van der Waals surface area contributed by atoms with E-state index in [2.05, 4.69) is 20.2 Å². The van der Waals surface area contributed by atoms with Crippen molar-refractivity contribution in [3.63, 3.8) is 0 Å². The molecule has 0 spiro atoms. The molecule has 1 aromatic carbocycles. The number of aromatic nitrogens is 2. The van der Waals surface area contributed by atoms with E-state index in [4.69, 9.17) is 0 Å². The van der Waals surface area contributed by atoms with Crippen molar-refractivity contribution in [2.45, 2.75) is 19.8 Å². The van der Waals surface area contributed by atoms with Crippen molar-refractivity contribution in [1.29, 1.82) is 0 Å². The molecule has 2 N–H and O–H groups in total. The Hall–Kier alpha value is -2.63. The van der Waals surface area contributed by atoms with Crippen LogP contribution in [0.25, 0.3) is 0 Å². The van der Waals surface area contributed by atoms with Gasteiger partial charge in [0.25, 0.3) is 11.5 Å². The first kappa shape index (κ1) is 14.3. The Kier molecular flexibility index (Phi) is 3.91.